The van der Waals surface area contributed by atoms with Gasteiger partial charge >= 0.3 is 0 Å². The number of fused-ring (bicyclic) bond motifs is 5. The molecule has 3 saturated carbocycles. The van der Waals surface area contributed by atoms with Crippen LogP contribution in [0.1, 0.15) is 131 Å². The van der Waals surface area contributed by atoms with E-state index in [2.05, 4.69) is 40.7 Å². The molecular formula is C39H69NO5S. The highest BCUT2D eigenvalue weighted by Gasteiger charge is 2.59. The van der Waals surface area contributed by atoms with Crippen molar-refractivity contribution in [2.24, 2.45) is 52.1 Å². The zero-order chi connectivity index (χ0) is 33.1. The molecule has 4 fully saturated rings. The molecule has 1 aliphatic heterocycles. The van der Waals surface area contributed by atoms with Gasteiger partial charge in [0, 0.05) is 13.2 Å². The number of aliphatic hydroxyl groups excluding tert-OH is 3. The highest BCUT2D eigenvalue weighted by molar-refractivity contribution is 7.99. The van der Waals surface area contributed by atoms with Crippen LogP contribution in [0.2, 0.25) is 0 Å². The Morgan fingerprint density at radius 1 is 0.913 bits per heavy atom. The van der Waals surface area contributed by atoms with E-state index in [0.717, 1.165) is 80.0 Å². The van der Waals surface area contributed by atoms with Gasteiger partial charge < -0.3 is 30.5 Å². The first-order chi connectivity index (χ1) is 22.0. The van der Waals surface area contributed by atoms with Gasteiger partial charge in [-0.3, -0.25) is 0 Å². The van der Waals surface area contributed by atoms with Crippen LogP contribution in [0.4, 0.5) is 0 Å². The molecule has 1 saturated heterocycles. The molecule has 4 aliphatic carbocycles. The number of hydrogen-bond donors (Lipinski definition) is 4. The minimum Gasteiger partial charge on any atom is -0.388 e. The Labute approximate surface area is 285 Å². The molecule has 0 aromatic rings. The van der Waals surface area contributed by atoms with Crippen molar-refractivity contribution in [3.8, 4) is 0 Å². The number of rotatable bonds is 15. The molecular weight excluding hydrogens is 594 g/mol. The number of ether oxygens (including phenoxy) is 2. The van der Waals surface area contributed by atoms with Crippen molar-refractivity contribution in [3.63, 3.8) is 0 Å². The summed E-state index contributed by atoms with van der Waals surface area (Å²) in [5.41, 5.74) is 7.78. The molecule has 0 spiro atoms. The lowest BCUT2D eigenvalue weighted by atomic mass is 9.47. The van der Waals surface area contributed by atoms with E-state index in [1.54, 1.807) is 5.57 Å². The lowest BCUT2D eigenvalue weighted by Crippen LogP contribution is -2.58. The summed E-state index contributed by atoms with van der Waals surface area (Å²) in [7, 11) is 0. The molecule has 0 unspecified atom stereocenters. The fourth-order valence-electron chi connectivity index (χ4n) is 11.1. The lowest BCUT2D eigenvalue weighted by molar-refractivity contribution is -0.194. The maximum atomic E-state index is 10.3. The van der Waals surface area contributed by atoms with Crippen molar-refractivity contribution < 1.29 is 24.8 Å². The molecule has 13 atom stereocenters. The van der Waals surface area contributed by atoms with Crippen LogP contribution >= 0.6 is 11.8 Å². The summed E-state index contributed by atoms with van der Waals surface area (Å²) in [6.07, 6.45) is 18.4. The van der Waals surface area contributed by atoms with E-state index in [0.29, 0.717) is 16.9 Å². The van der Waals surface area contributed by atoms with E-state index in [4.69, 9.17) is 15.2 Å². The summed E-state index contributed by atoms with van der Waals surface area (Å²) in [5, 5.41) is 30.3. The normalized spacial score (nSPS) is 43.1. The van der Waals surface area contributed by atoms with E-state index in [-0.39, 0.29) is 6.54 Å². The van der Waals surface area contributed by atoms with E-state index in [9.17, 15) is 15.3 Å². The SMILES string of the molecule is CC(C)CCC[C@@H](C)[C@H]1CC[C@H]2[C@@H]3CC=C4C[C@@H](OCCCCCCS[C@@H]5O[C@H](CN)[C@H](O)[C@H](O)[C@H]5O)CC[C@]4(C)[C@H]3CC[C@]12C. The van der Waals surface area contributed by atoms with Gasteiger partial charge in [-0.15, -0.1) is 11.8 Å². The van der Waals surface area contributed by atoms with Crippen LogP contribution in [0.5, 0.6) is 0 Å². The summed E-state index contributed by atoms with van der Waals surface area (Å²) >= 11 is 1.51. The van der Waals surface area contributed by atoms with Crippen molar-refractivity contribution in [3.05, 3.63) is 11.6 Å². The Bertz CT molecular complexity index is 991. The number of thioether (sulfide) groups is 1. The predicted octanol–water partition coefficient (Wildman–Crippen LogP) is 7.47. The zero-order valence-electron chi connectivity index (χ0n) is 29.9. The molecule has 0 bridgehead atoms. The second-order valence-corrected chi connectivity index (χ2v) is 18.3. The van der Waals surface area contributed by atoms with Gasteiger partial charge in [0.05, 0.1) is 12.2 Å². The van der Waals surface area contributed by atoms with Crippen LogP contribution in [-0.2, 0) is 9.47 Å². The first-order valence-corrected chi connectivity index (χ1v) is 20.4. The van der Waals surface area contributed by atoms with Crippen LogP contribution in [0.15, 0.2) is 11.6 Å². The zero-order valence-corrected chi connectivity index (χ0v) is 30.7. The molecule has 6 nitrogen and oxygen atoms in total. The molecule has 1 heterocycles. The topological polar surface area (TPSA) is 105 Å². The van der Waals surface area contributed by atoms with Gasteiger partial charge in [0.1, 0.15) is 23.7 Å². The molecule has 0 radical (unpaired) electrons. The van der Waals surface area contributed by atoms with Crippen LogP contribution in [0, 0.1) is 46.3 Å². The summed E-state index contributed by atoms with van der Waals surface area (Å²) in [6.45, 7) is 13.6. The lowest BCUT2D eigenvalue weighted by Gasteiger charge is -2.58. The summed E-state index contributed by atoms with van der Waals surface area (Å²) in [6, 6.07) is 0. The maximum Gasteiger partial charge on any atom is 0.132 e. The molecule has 5 N–H and O–H groups in total. The average Bonchev–Trinajstić information content (AvgIpc) is 3.39. The average molecular weight is 664 g/mol. The third-order valence-corrected chi connectivity index (χ3v) is 15.1. The van der Waals surface area contributed by atoms with E-state index in [1.807, 2.05) is 0 Å². The van der Waals surface area contributed by atoms with Crippen LogP contribution < -0.4 is 5.73 Å². The third-order valence-electron chi connectivity index (χ3n) is 13.8. The largest absolute Gasteiger partial charge is 0.388 e. The number of allylic oxidation sites excluding steroid dienone is 1. The molecule has 0 aromatic carbocycles. The Hall–Kier alpha value is -0.150. The van der Waals surface area contributed by atoms with Crippen LogP contribution in [0.3, 0.4) is 0 Å². The Balaban J connectivity index is 1.02. The molecule has 0 amide bonds. The van der Waals surface area contributed by atoms with Gasteiger partial charge in [0.25, 0.3) is 0 Å². The Morgan fingerprint density at radius 2 is 1.70 bits per heavy atom. The highest BCUT2D eigenvalue weighted by Crippen LogP contribution is 2.67. The van der Waals surface area contributed by atoms with Crippen molar-refractivity contribution in [2.45, 2.75) is 167 Å². The second kappa shape index (κ2) is 16.2. The second-order valence-electron chi connectivity index (χ2n) is 17.1. The van der Waals surface area contributed by atoms with Crippen molar-refractivity contribution in [2.75, 3.05) is 18.9 Å². The van der Waals surface area contributed by atoms with Gasteiger partial charge in [-0.2, -0.15) is 0 Å². The predicted molar refractivity (Wildman–Crippen MR) is 189 cm³/mol. The molecule has 5 rings (SSSR count). The van der Waals surface area contributed by atoms with Gasteiger partial charge in [-0.1, -0.05) is 78.4 Å². The highest BCUT2D eigenvalue weighted by atomic mass is 32.2. The summed E-state index contributed by atoms with van der Waals surface area (Å²) in [5.74, 6) is 6.17. The minimum absolute atomic E-state index is 0.124. The molecule has 46 heavy (non-hydrogen) atoms. The molecule has 0 aromatic heterocycles. The van der Waals surface area contributed by atoms with E-state index in [1.165, 1.54) is 76.0 Å². The summed E-state index contributed by atoms with van der Waals surface area (Å²) < 4.78 is 12.2. The van der Waals surface area contributed by atoms with Crippen molar-refractivity contribution in [1.82, 2.24) is 0 Å². The quantitative estimate of drug-likeness (QED) is 0.106. The van der Waals surface area contributed by atoms with Crippen molar-refractivity contribution >= 4 is 11.8 Å². The van der Waals surface area contributed by atoms with Gasteiger partial charge in [0.15, 0.2) is 0 Å². The Kier molecular flexibility index (Phi) is 13.1. The van der Waals surface area contributed by atoms with Crippen LogP contribution in [0.25, 0.3) is 0 Å². The first kappa shape index (κ1) is 37.1. The maximum absolute atomic E-state index is 10.3. The molecule has 5 aliphatic rings. The summed E-state index contributed by atoms with van der Waals surface area (Å²) in [4.78, 5) is 0. The smallest absolute Gasteiger partial charge is 0.132 e. The fourth-order valence-corrected chi connectivity index (χ4v) is 12.2. The van der Waals surface area contributed by atoms with Gasteiger partial charge in [-0.25, -0.2) is 0 Å². The number of unbranched alkanes of at least 4 members (excludes halogenated alkanes) is 3. The van der Waals surface area contributed by atoms with Gasteiger partial charge in [-0.05, 0) is 116 Å². The number of aliphatic hydroxyl groups is 3. The minimum atomic E-state index is -1.21. The fraction of sp³-hybridized carbons (Fsp3) is 0.949. The Morgan fingerprint density at radius 3 is 2.46 bits per heavy atom. The molecule has 266 valence electrons. The molecule has 7 heteroatoms. The monoisotopic (exact) mass is 663 g/mol. The number of hydrogen-bond acceptors (Lipinski definition) is 7. The van der Waals surface area contributed by atoms with Crippen LogP contribution in [-0.4, -0.2) is 70.2 Å². The first-order valence-electron chi connectivity index (χ1n) is 19.3. The number of nitrogens with two attached hydrogens (primary N) is 1. The van der Waals surface area contributed by atoms with E-state index < -0.39 is 29.9 Å². The van der Waals surface area contributed by atoms with Crippen molar-refractivity contribution in [1.29, 1.82) is 0 Å². The standard InChI is InChI=1S/C39H69NO5S/c1-25(2)11-10-12-26(3)30-15-16-31-29-14-13-27-23-28(17-19-38(27,4)32(29)18-20-39(30,31)5)44-21-8-6-7-9-22-46-37-36(43)35(42)34(41)33(24-40)45-37/h13,25-26,28-37,41-43H,6-12,14-24,40H2,1-5H3/t26-,28+,29+,30-,31+,32+,33-,34+,35+,36-,37+,38+,39-/m1/s1. The third kappa shape index (κ3) is 7.92. The van der Waals surface area contributed by atoms with E-state index >= 15 is 0 Å². The van der Waals surface area contributed by atoms with Gasteiger partial charge in [0.2, 0.25) is 0 Å².